The zero-order valence-corrected chi connectivity index (χ0v) is 25.6. The van der Waals surface area contributed by atoms with Crippen LogP contribution in [0.1, 0.15) is 68.2 Å². The number of methoxy groups -OCH3 is 1. The minimum absolute atomic E-state index is 0.106. The number of ether oxygens (including phenoxy) is 2. The Kier molecular flexibility index (Phi) is 10.4. The number of halogens is 3. The molecule has 1 aromatic carbocycles. The molecule has 0 bridgehead atoms. The number of nitrogens with two attached hydrogens (primary N) is 1. The molecule has 2 aromatic rings. The van der Waals surface area contributed by atoms with Crippen LogP contribution in [0, 0.1) is 5.92 Å². The molecule has 44 heavy (non-hydrogen) atoms. The SMILES string of the molecule is COc1cc(N)c(C=NC2CCN(CC3CCN(C(=O)OC(C)(C)C)CC3)CC2)cc1NC(=O)c1cccc(C(F)(F)F)n1. The molecule has 2 amide bonds. The van der Waals surface area contributed by atoms with Crippen molar-refractivity contribution in [3.63, 3.8) is 0 Å². The quantitative estimate of drug-likeness (QED) is 0.312. The Hall–Kier alpha value is -3.87. The number of nitrogens with one attached hydrogen (secondary N) is 1. The Morgan fingerprint density at radius 1 is 1.09 bits per heavy atom. The lowest BCUT2D eigenvalue weighted by molar-refractivity contribution is -0.141. The minimum atomic E-state index is -4.67. The zero-order valence-electron chi connectivity index (χ0n) is 25.6. The van der Waals surface area contributed by atoms with Crippen molar-refractivity contribution in [3.8, 4) is 5.75 Å². The Morgan fingerprint density at radius 3 is 2.39 bits per heavy atom. The van der Waals surface area contributed by atoms with E-state index in [1.807, 2.05) is 20.8 Å². The van der Waals surface area contributed by atoms with Gasteiger partial charge in [-0.25, -0.2) is 9.78 Å². The van der Waals surface area contributed by atoms with Crippen molar-refractivity contribution in [2.75, 3.05) is 50.9 Å². The van der Waals surface area contributed by atoms with Gasteiger partial charge in [0.15, 0.2) is 0 Å². The molecule has 0 unspecified atom stereocenters. The largest absolute Gasteiger partial charge is 0.494 e. The Morgan fingerprint density at radius 2 is 1.77 bits per heavy atom. The number of nitrogens with zero attached hydrogens (tertiary/aromatic N) is 4. The number of rotatable bonds is 7. The molecule has 0 radical (unpaired) electrons. The molecule has 2 fully saturated rings. The fraction of sp³-hybridized carbons (Fsp3) is 0.548. The smallest absolute Gasteiger partial charge is 0.433 e. The first-order valence-corrected chi connectivity index (χ1v) is 14.8. The van der Waals surface area contributed by atoms with Crippen molar-refractivity contribution in [1.29, 1.82) is 0 Å². The summed E-state index contributed by atoms with van der Waals surface area (Å²) >= 11 is 0. The fourth-order valence-electron chi connectivity index (χ4n) is 5.32. The molecule has 2 aliphatic rings. The molecule has 2 saturated heterocycles. The van der Waals surface area contributed by atoms with Gasteiger partial charge in [-0.15, -0.1) is 0 Å². The van der Waals surface area contributed by atoms with Gasteiger partial charge in [-0.05, 0) is 70.6 Å². The molecular formula is C31H41F3N6O4. The average molecular weight is 619 g/mol. The van der Waals surface area contributed by atoms with Gasteiger partial charge in [0.2, 0.25) is 0 Å². The van der Waals surface area contributed by atoms with E-state index in [2.05, 4.69) is 15.2 Å². The second kappa shape index (κ2) is 13.8. The van der Waals surface area contributed by atoms with Gasteiger partial charge < -0.3 is 30.3 Å². The summed E-state index contributed by atoms with van der Waals surface area (Å²) in [6.45, 7) is 9.87. The normalized spacial score (nSPS) is 17.6. The molecule has 2 aliphatic heterocycles. The van der Waals surface area contributed by atoms with E-state index in [4.69, 9.17) is 20.2 Å². The van der Waals surface area contributed by atoms with Gasteiger partial charge in [0.1, 0.15) is 22.7 Å². The molecule has 4 rings (SSSR count). The maximum absolute atomic E-state index is 13.1. The Balaban J connectivity index is 1.30. The standard InChI is InChI=1S/C31H41F3N6O4/c1-30(2,3)44-29(42)40-14-8-20(9-15-40)19-39-12-10-22(11-13-39)36-18-21-16-25(26(43-4)17-23(21)35)38-28(41)24-6-5-7-27(37-24)31(32,33)34/h5-7,16-18,20,22H,8-15,19,35H2,1-4H3,(H,38,41). The number of pyridine rings is 1. The number of aliphatic imine (C=N–C) groups is 1. The van der Waals surface area contributed by atoms with Gasteiger partial charge in [0, 0.05) is 56.3 Å². The molecule has 3 heterocycles. The van der Waals surface area contributed by atoms with Crippen molar-refractivity contribution in [1.82, 2.24) is 14.8 Å². The molecule has 10 nitrogen and oxygen atoms in total. The highest BCUT2D eigenvalue weighted by Crippen LogP contribution is 2.31. The van der Waals surface area contributed by atoms with E-state index in [0.717, 1.165) is 57.5 Å². The summed E-state index contributed by atoms with van der Waals surface area (Å²) in [4.78, 5) is 37.5. The average Bonchev–Trinajstić information content (AvgIpc) is 2.97. The molecule has 3 N–H and O–H groups in total. The first kappa shape index (κ1) is 33.0. The number of hydrogen-bond donors (Lipinski definition) is 2. The number of likely N-dealkylation sites (tertiary alicyclic amines) is 2. The van der Waals surface area contributed by atoms with E-state index in [0.29, 0.717) is 30.3 Å². The van der Waals surface area contributed by atoms with E-state index in [9.17, 15) is 22.8 Å². The maximum atomic E-state index is 13.1. The number of anilines is 2. The molecule has 240 valence electrons. The van der Waals surface area contributed by atoms with Crippen LogP contribution in [0.15, 0.2) is 35.3 Å². The Labute approximate surface area is 255 Å². The van der Waals surface area contributed by atoms with Crippen LogP contribution in [-0.4, -0.2) is 84.5 Å². The maximum Gasteiger partial charge on any atom is 0.433 e. The van der Waals surface area contributed by atoms with Gasteiger partial charge in [-0.2, -0.15) is 13.2 Å². The molecule has 0 aliphatic carbocycles. The number of benzene rings is 1. The third-order valence-electron chi connectivity index (χ3n) is 7.69. The minimum Gasteiger partial charge on any atom is -0.494 e. The lowest BCUT2D eigenvalue weighted by Gasteiger charge is -2.37. The summed E-state index contributed by atoms with van der Waals surface area (Å²) in [6, 6.07) is 6.36. The number of carbonyl (C=O) groups is 2. The van der Waals surface area contributed by atoms with Crippen molar-refractivity contribution in [2.45, 2.75) is 64.3 Å². The molecule has 0 atom stereocenters. The van der Waals surface area contributed by atoms with Gasteiger partial charge in [0.05, 0.1) is 18.8 Å². The number of carbonyl (C=O) groups excluding carboxylic acids is 2. The summed E-state index contributed by atoms with van der Waals surface area (Å²) in [6.07, 6.45) is 0.431. The Bertz CT molecular complexity index is 1340. The molecule has 13 heteroatoms. The van der Waals surface area contributed by atoms with Crippen LogP contribution in [0.5, 0.6) is 5.75 Å². The highest BCUT2D eigenvalue weighted by atomic mass is 19.4. The third kappa shape index (κ3) is 9.07. The van der Waals surface area contributed by atoms with Crippen LogP contribution < -0.4 is 15.8 Å². The summed E-state index contributed by atoms with van der Waals surface area (Å²) in [7, 11) is 1.40. The number of amides is 2. The summed E-state index contributed by atoms with van der Waals surface area (Å²) in [5, 5.41) is 2.58. The highest BCUT2D eigenvalue weighted by molar-refractivity contribution is 6.04. The van der Waals surface area contributed by atoms with Gasteiger partial charge in [-0.1, -0.05) is 6.07 Å². The van der Waals surface area contributed by atoms with Crippen molar-refractivity contribution in [2.24, 2.45) is 10.9 Å². The van der Waals surface area contributed by atoms with E-state index < -0.39 is 23.4 Å². The van der Waals surface area contributed by atoms with E-state index >= 15 is 0 Å². The second-order valence-corrected chi connectivity index (χ2v) is 12.3. The van der Waals surface area contributed by atoms with Crippen LogP contribution in [-0.2, 0) is 10.9 Å². The highest BCUT2D eigenvalue weighted by Gasteiger charge is 2.33. The lowest BCUT2D eigenvalue weighted by Crippen LogP contribution is -2.45. The van der Waals surface area contributed by atoms with Crippen LogP contribution >= 0.6 is 0 Å². The number of nitrogen functional groups attached to an aromatic ring is 1. The van der Waals surface area contributed by atoms with E-state index in [1.54, 1.807) is 17.2 Å². The van der Waals surface area contributed by atoms with Crippen LogP contribution in [0.25, 0.3) is 0 Å². The van der Waals surface area contributed by atoms with Crippen molar-refractivity contribution >= 4 is 29.6 Å². The number of aromatic nitrogens is 1. The topological polar surface area (TPSA) is 122 Å². The van der Waals surface area contributed by atoms with Crippen molar-refractivity contribution in [3.05, 3.63) is 47.3 Å². The first-order chi connectivity index (χ1) is 20.7. The van der Waals surface area contributed by atoms with Crippen LogP contribution in [0.4, 0.5) is 29.3 Å². The van der Waals surface area contributed by atoms with Crippen LogP contribution in [0.3, 0.4) is 0 Å². The predicted molar refractivity (Wildman–Crippen MR) is 162 cm³/mol. The number of hydrogen-bond acceptors (Lipinski definition) is 8. The van der Waals surface area contributed by atoms with E-state index in [1.165, 1.54) is 19.2 Å². The van der Waals surface area contributed by atoms with Gasteiger partial charge in [0.25, 0.3) is 5.91 Å². The molecule has 1 aromatic heterocycles. The molecule has 0 spiro atoms. The van der Waals surface area contributed by atoms with Crippen molar-refractivity contribution < 1.29 is 32.2 Å². The second-order valence-electron chi connectivity index (χ2n) is 12.3. The third-order valence-corrected chi connectivity index (χ3v) is 7.69. The van der Waals surface area contributed by atoms with E-state index in [-0.39, 0.29) is 29.3 Å². The monoisotopic (exact) mass is 618 g/mol. The summed E-state index contributed by atoms with van der Waals surface area (Å²) < 4.78 is 50.0. The predicted octanol–water partition coefficient (Wildman–Crippen LogP) is 5.47. The van der Waals surface area contributed by atoms with Gasteiger partial charge >= 0.3 is 12.3 Å². The molecular weight excluding hydrogens is 577 g/mol. The summed E-state index contributed by atoms with van der Waals surface area (Å²) in [5.74, 6) is -0.0252. The zero-order chi connectivity index (χ0) is 32.1. The molecule has 0 saturated carbocycles. The van der Waals surface area contributed by atoms with Crippen LogP contribution in [0.2, 0.25) is 0 Å². The first-order valence-electron chi connectivity index (χ1n) is 14.8. The summed E-state index contributed by atoms with van der Waals surface area (Å²) in [5.41, 5.74) is 5.36. The lowest BCUT2D eigenvalue weighted by atomic mass is 9.95. The fourth-order valence-corrected chi connectivity index (χ4v) is 5.32. The number of piperidine rings is 2. The number of alkyl halides is 3. The van der Waals surface area contributed by atoms with Gasteiger partial charge in [-0.3, -0.25) is 9.79 Å².